The van der Waals surface area contributed by atoms with Gasteiger partial charge in [0.25, 0.3) is 0 Å². The van der Waals surface area contributed by atoms with Gasteiger partial charge < -0.3 is 4.74 Å². The van der Waals surface area contributed by atoms with Crippen LogP contribution in [0.25, 0.3) is 0 Å². The third-order valence-electron chi connectivity index (χ3n) is 1.50. The Labute approximate surface area is 79.7 Å². The van der Waals surface area contributed by atoms with Gasteiger partial charge in [-0.1, -0.05) is 12.1 Å². The minimum Gasteiger partial charge on any atom is -0.497 e. The topological polar surface area (TPSA) is 26.3 Å². The maximum absolute atomic E-state index is 10.7. The Balaban J connectivity index is 2.71. The molecule has 0 spiro atoms. The highest BCUT2D eigenvalue weighted by atomic mass is 79.9. The molecule has 0 aliphatic rings. The van der Waals surface area contributed by atoms with Crippen molar-refractivity contribution in [2.75, 3.05) is 7.11 Å². The van der Waals surface area contributed by atoms with Gasteiger partial charge in [0.2, 0.25) is 4.69 Å². The summed E-state index contributed by atoms with van der Waals surface area (Å²) < 4.78 is 4.97. The van der Waals surface area contributed by atoms with Gasteiger partial charge in [-0.15, -0.1) is 0 Å². The lowest BCUT2D eigenvalue weighted by atomic mass is 10.2. The van der Waals surface area contributed by atoms with Crippen LogP contribution in [0.2, 0.25) is 0 Å². The average molecular weight is 229 g/mol. The summed E-state index contributed by atoms with van der Waals surface area (Å²) in [6, 6.07) is 7.42. The van der Waals surface area contributed by atoms with Crippen molar-refractivity contribution in [2.24, 2.45) is 0 Å². The van der Waals surface area contributed by atoms with E-state index in [0.29, 0.717) is 6.42 Å². The molecule has 0 aliphatic heterocycles. The molecule has 0 aromatic heterocycles. The van der Waals surface area contributed by atoms with Crippen LogP contribution in [0, 0.1) is 0 Å². The number of rotatable bonds is 3. The van der Waals surface area contributed by atoms with Crippen molar-refractivity contribution >= 4 is 20.6 Å². The lowest BCUT2D eigenvalue weighted by Crippen LogP contribution is -1.92. The zero-order valence-electron chi connectivity index (χ0n) is 6.71. The molecule has 0 N–H and O–H groups in total. The zero-order valence-corrected chi connectivity index (χ0v) is 8.30. The van der Waals surface area contributed by atoms with Gasteiger partial charge in [0, 0.05) is 6.42 Å². The van der Waals surface area contributed by atoms with Crippen LogP contribution in [-0.4, -0.2) is 11.8 Å². The Hall–Kier alpha value is -0.830. The molecule has 0 aliphatic carbocycles. The quantitative estimate of drug-likeness (QED) is 0.742. The fraction of sp³-hybridized carbons (Fsp3) is 0.222. The standard InChI is InChI=1S/C9H9BrO2/c1-12-8-4-2-7(3-5-8)6-9(10)11/h2-5H,6H2,1H3. The van der Waals surface area contributed by atoms with Crippen LogP contribution < -0.4 is 4.74 Å². The summed E-state index contributed by atoms with van der Waals surface area (Å²) in [7, 11) is 1.62. The predicted molar refractivity (Wildman–Crippen MR) is 50.6 cm³/mol. The van der Waals surface area contributed by atoms with Gasteiger partial charge in [0.1, 0.15) is 5.75 Å². The summed E-state index contributed by atoms with van der Waals surface area (Å²) in [5.41, 5.74) is 0.984. The molecule has 0 bridgehead atoms. The fourth-order valence-corrected chi connectivity index (χ4v) is 1.23. The van der Waals surface area contributed by atoms with E-state index in [1.165, 1.54) is 0 Å². The first-order valence-electron chi connectivity index (χ1n) is 3.53. The summed E-state index contributed by atoms with van der Waals surface area (Å²) in [4.78, 5) is 10.7. The summed E-state index contributed by atoms with van der Waals surface area (Å²) in [5.74, 6) is 0.806. The fourth-order valence-electron chi connectivity index (χ4n) is 0.904. The van der Waals surface area contributed by atoms with Crippen molar-refractivity contribution < 1.29 is 9.53 Å². The van der Waals surface area contributed by atoms with Gasteiger partial charge in [0.05, 0.1) is 7.11 Å². The van der Waals surface area contributed by atoms with E-state index in [-0.39, 0.29) is 4.69 Å². The molecule has 0 heterocycles. The van der Waals surface area contributed by atoms with Crippen molar-refractivity contribution in [2.45, 2.75) is 6.42 Å². The normalized spacial score (nSPS) is 9.50. The Bertz CT molecular complexity index is 266. The molecule has 0 atom stereocenters. The van der Waals surface area contributed by atoms with Crippen LogP contribution in [0.4, 0.5) is 0 Å². The zero-order chi connectivity index (χ0) is 8.97. The minimum atomic E-state index is -0.00679. The van der Waals surface area contributed by atoms with Gasteiger partial charge >= 0.3 is 0 Å². The van der Waals surface area contributed by atoms with Crippen molar-refractivity contribution in [3.8, 4) is 5.75 Å². The van der Waals surface area contributed by atoms with E-state index in [4.69, 9.17) is 4.74 Å². The first-order chi connectivity index (χ1) is 5.72. The molecule has 12 heavy (non-hydrogen) atoms. The number of hydrogen-bond donors (Lipinski definition) is 0. The third kappa shape index (κ3) is 2.66. The van der Waals surface area contributed by atoms with Crippen LogP contribution in [-0.2, 0) is 11.2 Å². The molecule has 64 valence electrons. The highest BCUT2D eigenvalue weighted by molar-refractivity contribution is 9.18. The number of carbonyl (C=O) groups is 1. The number of halogens is 1. The summed E-state index contributed by atoms with van der Waals surface area (Å²) in [6.45, 7) is 0. The van der Waals surface area contributed by atoms with E-state index in [9.17, 15) is 4.79 Å². The molecule has 0 saturated carbocycles. The Morgan fingerprint density at radius 1 is 1.42 bits per heavy atom. The molecular weight excluding hydrogens is 220 g/mol. The number of carbonyl (C=O) groups excluding carboxylic acids is 1. The van der Waals surface area contributed by atoms with Crippen molar-refractivity contribution in [3.63, 3.8) is 0 Å². The second kappa shape index (κ2) is 4.26. The second-order valence-corrected chi connectivity index (χ2v) is 3.26. The minimum absolute atomic E-state index is 0.00679. The van der Waals surface area contributed by atoms with Crippen molar-refractivity contribution in [3.05, 3.63) is 29.8 Å². The number of hydrogen-bond acceptors (Lipinski definition) is 2. The molecule has 0 saturated heterocycles. The second-order valence-electron chi connectivity index (χ2n) is 2.38. The van der Waals surface area contributed by atoms with Crippen LogP contribution in [0.15, 0.2) is 24.3 Å². The first-order valence-corrected chi connectivity index (χ1v) is 4.33. The predicted octanol–water partition coefficient (Wildman–Crippen LogP) is 2.16. The van der Waals surface area contributed by atoms with E-state index >= 15 is 0 Å². The monoisotopic (exact) mass is 228 g/mol. The third-order valence-corrected chi connectivity index (χ3v) is 1.78. The number of benzene rings is 1. The molecule has 1 rings (SSSR count). The largest absolute Gasteiger partial charge is 0.497 e. The maximum Gasteiger partial charge on any atom is 0.202 e. The maximum atomic E-state index is 10.7. The van der Waals surface area contributed by atoms with E-state index in [1.54, 1.807) is 7.11 Å². The molecule has 1 aromatic carbocycles. The highest BCUT2D eigenvalue weighted by Gasteiger charge is 1.98. The SMILES string of the molecule is COc1ccc(CC(=O)Br)cc1. The van der Waals surface area contributed by atoms with E-state index in [1.807, 2.05) is 24.3 Å². The lowest BCUT2D eigenvalue weighted by molar-refractivity contribution is -0.109. The summed E-state index contributed by atoms with van der Waals surface area (Å²) in [6.07, 6.45) is 0.421. The van der Waals surface area contributed by atoms with E-state index in [0.717, 1.165) is 11.3 Å². The first kappa shape index (κ1) is 9.26. The summed E-state index contributed by atoms with van der Waals surface area (Å²) in [5, 5.41) is 0. The van der Waals surface area contributed by atoms with Gasteiger partial charge in [-0.2, -0.15) is 0 Å². The van der Waals surface area contributed by atoms with Gasteiger partial charge in [-0.25, -0.2) is 0 Å². The van der Waals surface area contributed by atoms with Crippen LogP contribution in [0.5, 0.6) is 5.75 Å². The van der Waals surface area contributed by atoms with Crippen LogP contribution >= 0.6 is 15.9 Å². The molecular formula is C9H9BrO2. The van der Waals surface area contributed by atoms with E-state index in [2.05, 4.69) is 15.9 Å². The van der Waals surface area contributed by atoms with Gasteiger partial charge in [-0.3, -0.25) is 4.79 Å². The molecule has 0 radical (unpaired) electrons. The van der Waals surface area contributed by atoms with Crippen LogP contribution in [0.3, 0.4) is 0 Å². The number of methoxy groups -OCH3 is 1. The smallest absolute Gasteiger partial charge is 0.202 e. The molecule has 2 nitrogen and oxygen atoms in total. The van der Waals surface area contributed by atoms with Gasteiger partial charge in [-0.05, 0) is 33.6 Å². The van der Waals surface area contributed by atoms with E-state index < -0.39 is 0 Å². The van der Waals surface area contributed by atoms with Crippen LogP contribution in [0.1, 0.15) is 5.56 Å². The van der Waals surface area contributed by atoms with Gasteiger partial charge in [0.15, 0.2) is 0 Å². The number of ether oxygens (including phenoxy) is 1. The molecule has 1 aromatic rings. The highest BCUT2D eigenvalue weighted by Crippen LogP contribution is 2.12. The lowest BCUT2D eigenvalue weighted by Gasteiger charge is -2.00. The Morgan fingerprint density at radius 2 is 2.00 bits per heavy atom. The Morgan fingerprint density at radius 3 is 2.42 bits per heavy atom. The van der Waals surface area contributed by atoms with Crippen molar-refractivity contribution in [1.29, 1.82) is 0 Å². The molecule has 0 fully saturated rings. The molecule has 0 amide bonds. The Kier molecular flexibility index (Phi) is 3.29. The molecule has 0 unspecified atom stereocenters. The average Bonchev–Trinajstić information content (AvgIpc) is 2.05. The summed E-state index contributed by atoms with van der Waals surface area (Å²) >= 11 is 2.88. The van der Waals surface area contributed by atoms with Crippen molar-refractivity contribution in [1.82, 2.24) is 0 Å². The molecule has 3 heteroatoms.